The lowest BCUT2D eigenvalue weighted by atomic mass is 10.9. The van der Waals surface area contributed by atoms with Gasteiger partial charge in [0.1, 0.15) is 0 Å². The highest BCUT2D eigenvalue weighted by Gasteiger charge is 2.21. The Morgan fingerprint density at radius 2 is 2.38 bits per heavy atom. The molecule has 78 valence electrons. The maximum absolute atomic E-state index is 11.8. The molecule has 0 amide bonds. The largest absolute Gasteiger partial charge is 0.384 e. The van der Waals surface area contributed by atoms with E-state index in [0.717, 1.165) is 0 Å². The predicted octanol–water partition coefficient (Wildman–Crippen LogP) is 2.06. The average molecular weight is 243 g/mol. The van der Waals surface area contributed by atoms with Crippen molar-refractivity contribution in [1.29, 1.82) is 0 Å². The summed E-state index contributed by atoms with van der Waals surface area (Å²) in [5, 5.41) is 2.55. The van der Waals surface area contributed by atoms with Crippen molar-refractivity contribution in [2.45, 2.75) is 6.92 Å². The molecular weight excluding hydrogens is 229 g/mol. The molecule has 0 aliphatic heterocycles. The standard InChI is InChI=1S/C6H14NO3PS2/c1-3-10-11(8,7-6-12)13-5-4-9-2/h6H,3-5H2,1-2H3,(H,7,8,12). The second kappa shape index (κ2) is 7.76. The minimum atomic E-state index is -2.82. The molecule has 0 aromatic carbocycles. The molecule has 1 unspecified atom stereocenters. The van der Waals surface area contributed by atoms with Crippen LogP contribution in [0.3, 0.4) is 0 Å². The second-order valence-corrected chi connectivity index (χ2v) is 6.62. The number of thiocarbonyl (C=S) groups is 1. The van der Waals surface area contributed by atoms with Crippen molar-refractivity contribution in [3.63, 3.8) is 0 Å². The van der Waals surface area contributed by atoms with Gasteiger partial charge in [0.25, 0.3) is 0 Å². The van der Waals surface area contributed by atoms with Crippen LogP contribution in [0.4, 0.5) is 0 Å². The first-order valence-corrected chi connectivity index (χ1v) is 7.46. The van der Waals surface area contributed by atoms with E-state index in [1.807, 2.05) is 0 Å². The average Bonchev–Trinajstić information content (AvgIpc) is 2.05. The molecule has 0 aliphatic carbocycles. The zero-order valence-electron chi connectivity index (χ0n) is 7.69. The molecule has 0 heterocycles. The Kier molecular flexibility index (Phi) is 8.00. The normalized spacial score (nSPS) is 14.9. The SMILES string of the molecule is CCOP(=O)(NC=S)SCCOC. The van der Waals surface area contributed by atoms with Crippen molar-refractivity contribution < 1.29 is 13.8 Å². The van der Waals surface area contributed by atoms with Gasteiger partial charge in [-0.1, -0.05) is 12.2 Å². The van der Waals surface area contributed by atoms with E-state index < -0.39 is 6.72 Å². The van der Waals surface area contributed by atoms with Crippen LogP contribution in [0.5, 0.6) is 0 Å². The number of hydrogen-bond donors (Lipinski definition) is 1. The molecule has 0 aromatic rings. The van der Waals surface area contributed by atoms with Crippen molar-refractivity contribution >= 4 is 35.8 Å². The first kappa shape index (κ1) is 13.4. The number of methoxy groups -OCH3 is 1. The Hall–Kier alpha value is 0.390. The minimum Gasteiger partial charge on any atom is -0.384 e. The van der Waals surface area contributed by atoms with Crippen molar-refractivity contribution in [3.05, 3.63) is 0 Å². The molecule has 0 aromatic heterocycles. The number of hydrogen-bond acceptors (Lipinski definition) is 5. The summed E-state index contributed by atoms with van der Waals surface area (Å²) in [4.78, 5) is 0. The third-order valence-corrected chi connectivity index (χ3v) is 5.28. The van der Waals surface area contributed by atoms with Gasteiger partial charge in [-0.3, -0.25) is 4.57 Å². The van der Waals surface area contributed by atoms with Crippen LogP contribution in [0, 0.1) is 0 Å². The van der Waals surface area contributed by atoms with E-state index >= 15 is 0 Å². The Labute approximate surface area is 88.0 Å². The van der Waals surface area contributed by atoms with Crippen molar-refractivity contribution in [2.75, 3.05) is 26.1 Å². The molecular formula is C6H14NO3PS2. The van der Waals surface area contributed by atoms with E-state index in [2.05, 4.69) is 17.3 Å². The van der Waals surface area contributed by atoms with Gasteiger partial charge >= 0.3 is 6.72 Å². The van der Waals surface area contributed by atoms with E-state index in [4.69, 9.17) is 9.26 Å². The zero-order chi connectivity index (χ0) is 10.2. The van der Waals surface area contributed by atoms with Gasteiger partial charge in [-0.25, -0.2) is 0 Å². The maximum atomic E-state index is 11.8. The van der Waals surface area contributed by atoms with Crippen molar-refractivity contribution in [1.82, 2.24) is 5.09 Å². The first-order valence-electron chi connectivity index (χ1n) is 3.78. The lowest BCUT2D eigenvalue weighted by Crippen LogP contribution is -2.07. The van der Waals surface area contributed by atoms with Crippen LogP contribution >= 0.6 is 30.3 Å². The van der Waals surface area contributed by atoms with E-state index in [1.165, 1.54) is 16.9 Å². The second-order valence-electron chi connectivity index (χ2n) is 1.99. The maximum Gasteiger partial charge on any atom is 0.351 e. The minimum absolute atomic E-state index is 0.396. The molecule has 0 fully saturated rings. The van der Waals surface area contributed by atoms with Crippen LogP contribution in [0.1, 0.15) is 6.92 Å². The van der Waals surface area contributed by atoms with Gasteiger partial charge in [-0.2, -0.15) is 0 Å². The summed E-state index contributed by atoms with van der Waals surface area (Å²) in [5.74, 6) is 0.615. The summed E-state index contributed by atoms with van der Waals surface area (Å²) in [7, 11) is 1.60. The van der Waals surface area contributed by atoms with Crippen LogP contribution in [0.2, 0.25) is 0 Å². The summed E-state index contributed by atoms with van der Waals surface area (Å²) in [6.07, 6.45) is 0. The Morgan fingerprint density at radius 3 is 2.85 bits per heavy atom. The van der Waals surface area contributed by atoms with Crippen LogP contribution in [-0.2, 0) is 13.8 Å². The lowest BCUT2D eigenvalue weighted by molar-refractivity contribution is 0.219. The van der Waals surface area contributed by atoms with Crippen LogP contribution in [0.15, 0.2) is 0 Å². The fourth-order valence-corrected chi connectivity index (χ4v) is 4.24. The summed E-state index contributed by atoms with van der Waals surface area (Å²) >= 11 is 5.76. The highest BCUT2D eigenvalue weighted by molar-refractivity contribution is 8.56. The number of ether oxygens (including phenoxy) is 1. The molecule has 0 spiro atoms. The summed E-state index contributed by atoms with van der Waals surface area (Å²) in [5.41, 5.74) is 1.22. The van der Waals surface area contributed by atoms with Gasteiger partial charge in [-0.05, 0) is 18.3 Å². The van der Waals surface area contributed by atoms with Crippen LogP contribution in [-0.4, -0.2) is 31.6 Å². The van der Waals surface area contributed by atoms with E-state index in [1.54, 1.807) is 14.0 Å². The van der Waals surface area contributed by atoms with E-state index in [9.17, 15) is 4.57 Å². The third-order valence-electron chi connectivity index (χ3n) is 1.06. The van der Waals surface area contributed by atoms with Gasteiger partial charge in [0.05, 0.1) is 18.7 Å². The molecule has 1 atom stereocenters. The fourth-order valence-electron chi connectivity index (χ4n) is 0.587. The molecule has 1 N–H and O–H groups in total. The van der Waals surface area contributed by atoms with Gasteiger partial charge in [0.15, 0.2) is 0 Å². The Bertz CT molecular complexity index is 191. The van der Waals surface area contributed by atoms with Gasteiger partial charge in [0, 0.05) is 12.9 Å². The summed E-state index contributed by atoms with van der Waals surface area (Å²) in [6.45, 7) is -0.0970. The van der Waals surface area contributed by atoms with Crippen LogP contribution in [0.25, 0.3) is 0 Å². The van der Waals surface area contributed by atoms with Gasteiger partial charge in [0.2, 0.25) is 0 Å². The highest BCUT2D eigenvalue weighted by atomic mass is 32.7. The number of rotatable bonds is 8. The molecule has 7 heteroatoms. The van der Waals surface area contributed by atoms with E-state index in [-0.39, 0.29) is 0 Å². The summed E-state index contributed by atoms with van der Waals surface area (Å²) in [6, 6.07) is 0. The molecule has 0 saturated heterocycles. The molecule has 0 aliphatic rings. The summed E-state index contributed by atoms with van der Waals surface area (Å²) < 4.78 is 21.7. The van der Waals surface area contributed by atoms with Crippen molar-refractivity contribution in [3.8, 4) is 0 Å². The lowest BCUT2D eigenvalue weighted by Gasteiger charge is -2.15. The Balaban J connectivity index is 3.91. The topological polar surface area (TPSA) is 47.6 Å². The monoisotopic (exact) mass is 243 g/mol. The molecule has 0 rings (SSSR count). The zero-order valence-corrected chi connectivity index (χ0v) is 10.2. The molecule has 0 bridgehead atoms. The highest BCUT2D eigenvalue weighted by Crippen LogP contribution is 2.55. The smallest absolute Gasteiger partial charge is 0.351 e. The van der Waals surface area contributed by atoms with Crippen LogP contribution < -0.4 is 5.09 Å². The molecule has 13 heavy (non-hydrogen) atoms. The Morgan fingerprint density at radius 1 is 1.69 bits per heavy atom. The fraction of sp³-hybridized carbons (Fsp3) is 0.833. The van der Waals surface area contributed by atoms with E-state index in [0.29, 0.717) is 19.0 Å². The molecule has 0 radical (unpaired) electrons. The van der Waals surface area contributed by atoms with Gasteiger partial charge in [-0.15, -0.1) is 0 Å². The third kappa shape index (κ3) is 6.46. The predicted molar refractivity (Wildman–Crippen MR) is 60.4 cm³/mol. The van der Waals surface area contributed by atoms with Gasteiger partial charge < -0.3 is 14.3 Å². The quantitative estimate of drug-likeness (QED) is 0.400. The first-order chi connectivity index (χ1) is 6.18. The van der Waals surface area contributed by atoms with Crippen molar-refractivity contribution in [2.24, 2.45) is 0 Å². The number of nitrogens with one attached hydrogen (secondary N) is 1. The molecule has 0 saturated carbocycles. The molecule has 4 nitrogen and oxygen atoms in total.